The second-order valence-electron chi connectivity index (χ2n) is 4.62. The molecule has 0 bridgehead atoms. The minimum atomic E-state index is 0.393. The molecule has 3 atom stereocenters. The molecule has 0 N–H and O–H groups in total. The Kier molecular flexibility index (Phi) is 6.00. The Hall–Kier alpha value is -0.300. The molecule has 0 radical (unpaired) electrons. The minimum Gasteiger partial charge on any atom is -0.371 e. The smallest absolute Gasteiger partial charge is 0.0759 e. The van der Waals surface area contributed by atoms with Crippen molar-refractivity contribution in [2.75, 3.05) is 0 Å². The first-order valence-corrected chi connectivity index (χ1v) is 6.63. The number of hydrogen-bond acceptors (Lipinski definition) is 1. The first-order chi connectivity index (χ1) is 7.30. The summed E-state index contributed by atoms with van der Waals surface area (Å²) in [5.41, 5.74) is 0. The highest BCUT2D eigenvalue weighted by Crippen LogP contribution is 2.24. The molecule has 3 unspecified atom stereocenters. The summed E-state index contributed by atoms with van der Waals surface area (Å²) in [6, 6.07) is 0. The van der Waals surface area contributed by atoms with Crippen LogP contribution in [0.3, 0.4) is 0 Å². The van der Waals surface area contributed by atoms with Crippen LogP contribution in [0.15, 0.2) is 12.2 Å². The van der Waals surface area contributed by atoms with Gasteiger partial charge in [0, 0.05) is 0 Å². The van der Waals surface area contributed by atoms with E-state index in [-0.39, 0.29) is 0 Å². The standard InChI is InChI=1S/C14H26O/c1-4-7-13(6-3)15-14-10-8-12(5-2)9-11-14/h8,10,12-14H,4-7,9,11H2,1-3H3. The van der Waals surface area contributed by atoms with Gasteiger partial charge in [-0.2, -0.15) is 0 Å². The predicted molar refractivity (Wildman–Crippen MR) is 66.0 cm³/mol. The van der Waals surface area contributed by atoms with E-state index < -0.39 is 0 Å². The summed E-state index contributed by atoms with van der Waals surface area (Å²) >= 11 is 0. The van der Waals surface area contributed by atoms with Crippen LogP contribution in [0, 0.1) is 5.92 Å². The topological polar surface area (TPSA) is 9.23 Å². The van der Waals surface area contributed by atoms with Gasteiger partial charge in [-0.3, -0.25) is 0 Å². The Morgan fingerprint density at radius 1 is 1.20 bits per heavy atom. The van der Waals surface area contributed by atoms with E-state index in [1.165, 1.54) is 32.1 Å². The molecule has 1 heteroatoms. The van der Waals surface area contributed by atoms with Gasteiger partial charge in [-0.15, -0.1) is 0 Å². The van der Waals surface area contributed by atoms with Crippen LogP contribution in [0.5, 0.6) is 0 Å². The predicted octanol–water partition coefficient (Wildman–Crippen LogP) is 4.33. The van der Waals surface area contributed by atoms with Crippen molar-refractivity contribution in [3.05, 3.63) is 12.2 Å². The van der Waals surface area contributed by atoms with E-state index in [1.54, 1.807) is 0 Å². The van der Waals surface area contributed by atoms with Crippen molar-refractivity contribution in [1.82, 2.24) is 0 Å². The maximum Gasteiger partial charge on any atom is 0.0759 e. The maximum atomic E-state index is 6.09. The third-order valence-corrected chi connectivity index (χ3v) is 3.38. The normalized spacial score (nSPS) is 27.9. The first kappa shape index (κ1) is 12.8. The van der Waals surface area contributed by atoms with Crippen molar-refractivity contribution < 1.29 is 4.74 Å². The summed E-state index contributed by atoms with van der Waals surface area (Å²) in [5, 5.41) is 0. The summed E-state index contributed by atoms with van der Waals surface area (Å²) < 4.78 is 6.09. The van der Waals surface area contributed by atoms with Crippen molar-refractivity contribution in [2.24, 2.45) is 5.92 Å². The van der Waals surface area contributed by atoms with Gasteiger partial charge < -0.3 is 4.74 Å². The first-order valence-electron chi connectivity index (χ1n) is 6.63. The van der Waals surface area contributed by atoms with Gasteiger partial charge in [-0.25, -0.2) is 0 Å². The molecule has 0 saturated heterocycles. The monoisotopic (exact) mass is 210 g/mol. The molecule has 15 heavy (non-hydrogen) atoms. The molecular formula is C14H26O. The van der Waals surface area contributed by atoms with Gasteiger partial charge >= 0.3 is 0 Å². The molecule has 0 heterocycles. The average molecular weight is 210 g/mol. The summed E-state index contributed by atoms with van der Waals surface area (Å²) in [7, 11) is 0. The zero-order valence-electron chi connectivity index (χ0n) is 10.5. The van der Waals surface area contributed by atoms with Crippen LogP contribution in [-0.4, -0.2) is 12.2 Å². The minimum absolute atomic E-state index is 0.393. The van der Waals surface area contributed by atoms with Crippen LogP contribution in [0.1, 0.15) is 59.3 Å². The third-order valence-electron chi connectivity index (χ3n) is 3.38. The highest BCUT2D eigenvalue weighted by Gasteiger charge is 2.17. The molecular weight excluding hydrogens is 184 g/mol. The van der Waals surface area contributed by atoms with E-state index in [2.05, 4.69) is 32.9 Å². The van der Waals surface area contributed by atoms with Crippen molar-refractivity contribution in [1.29, 1.82) is 0 Å². The molecule has 0 aromatic heterocycles. The van der Waals surface area contributed by atoms with Gasteiger partial charge in [0.2, 0.25) is 0 Å². The summed E-state index contributed by atoms with van der Waals surface area (Å²) in [4.78, 5) is 0. The Bertz CT molecular complexity index is 186. The lowest BCUT2D eigenvalue weighted by atomic mass is 9.92. The lowest BCUT2D eigenvalue weighted by Gasteiger charge is -2.26. The fourth-order valence-corrected chi connectivity index (χ4v) is 2.24. The zero-order chi connectivity index (χ0) is 11.1. The Morgan fingerprint density at radius 3 is 2.47 bits per heavy atom. The highest BCUT2D eigenvalue weighted by atomic mass is 16.5. The van der Waals surface area contributed by atoms with Gasteiger partial charge in [0.15, 0.2) is 0 Å². The summed E-state index contributed by atoms with van der Waals surface area (Å²) in [5.74, 6) is 0.802. The molecule has 0 amide bonds. The maximum absolute atomic E-state index is 6.09. The average Bonchev–Trinajstić information content (AvgIpc) is 2.29. The van der Waals surface area contributed by atoms with Gasteiger partial charge in [-0.1, -0.05) is 39.3 Å². The van der Waals surface area contributed by atoms with E-state index in [4.69, 9.17) is 4.74 Å². The van der Waals surface area contributed by atoms with Crippen LogP contribution in [0.25, 0.3) is 0 Å². The summed E-state index contributed by atoms with van der Waals surface area (Å²) in [6.45, 7) is 6.72. The summed E-state index contributed by atoms with van der Waals surface area (Å²) in [6.07, 6.45) is 12.9. The van der Waals surface area contributed by atoms with Crippen LogP contribution in [0.4, 0.5) is 0 Å². The van der Waals surface area contributed by atoms with E-state index in [9.17, 15) is 0 Å². The van der Waals surface area contributed by atoms with Crippen molar-refractivity contribution >= 4 is 0 Å². The van der Waals surface area contributed by atoms with Gasteiger partial charge in [0.25, 0.3) is 0 Å². The van der Waals surface area contributed by atoms with Gasteiger partial charge in [-0.05, 0) is 38.0 Å². The number of allylic oxidation sites excluding steroid dienone is 1. The van der Waals surface area contributed by atoms with E-state index in [0.717, 1.165) is 12.3 Å². The molecule has 1 aliphatic rings. The van der Waals surface area contributed by atoms with Crippen LogP contribution >= 0.6 is 0 Å². The van der Waals surface area contributed by atoms with Crippen LogP contribution < -0.4 is 0 Å². The van der Waals surface area contributed by atoms with Gasteiger partial charge in [0.05, 0.1) is 12.2 Å². The molecule has 0 aromatic rings. The van der Waals surface area contributed by atoms with Crippen LogP contribution in [-0.2, 0) is 4.74 Å². The second kappa shape index (κ2) is 7.05. The zero-order valence-corrected chi connectivity index (χ0v) is 10.5. The van der Waals surface area contributed by atoms with Crippen molar-refractivity contribution in [3.63, 3.8) is 0 Å². The lowest BCUT2D eigenvalue weighted by molar-refractivity contribution is -0.00261. The van der Waals surface area contributed by atoms with E-state index in [1.807, 2.05) is 0 Å². The van der Waals surface area contributed by atoms with E-state index in [0.29, 0.717) is 12.2 Å². The van der Waals surface area contributed by atoms with E-state index >= 15 is 0 Å². The fraction of sp³-hybridized carbons (Fsp3) is 0.857. The SMILES string of the molecule is CCCC(CC)OC1C=CC(CC)CC1. The molecule has 1 aliphatic carbocycles. The largest absolute Gasteiger partial charge is 0.371 e. The second-order valence-corrected chi connectivity index (χ2v) is 4.62. The molecule has 0 aromatic carbocycles. The quantitative estimate of drug-likeness (QED) is 0.593. The van der Waals surface area contributed by atoms with Crippen molar-refractivity contribution in [2.45, 2.75) is 71.5 Å². The molecule has 0 saturated carbocycles. The molecule has 88 valence electrons. The number of hydrogen-bond donors (Lipinski definition) is 0. The molecule has 0 spiro atoms. The highest BCUT2D eigenvalue weighted by molar-refractivity contribution is 4.99. The molecule has 0 fully saturated rings. The van der Waals surface area contributed by atoms with Gasteiger partial charge in [0.1, 0.15) is 0 Å². The number of ether oxygens (including phenoxy) is 1. The lowest BCUT2D eigenvalue weighted by Crippen LogP contribution is -2.23. The Balaban J connectivity index is 2.32. The van der Waals surface area contributed by atoms with Crippen molar-refractivity contribution in [3.8, 4) is 0 Å². The molecule has 1 rings (SSSR count). The van der Waals surface area contributed by atoms with Crippen LogP contribution in [0.2, 0.25) is 0 Å². The Labute approximate surface area is 94.9 Å². The number of rotatable bonds is 6. The fourth-order valence-electron chi connectivity index (χ4n) is 2.24. The molecule has 1 nitrogen and oxygen atoms in total. The molecule has 0 aliphatic heterocycles. The Morgan fingerprint density at radius 2 is 2.00 bits per heavy atom. The third kappa shape index (κ3) is 4.38.